The first-order chi connectivity index (χ1) is 13.4. The van der Waals surface area contributed by atoms with Crippen molar-refractivity contribution in [3.8, 4) is 5.75 Å². The van der Waals surface area contributed by atoms with Crippen LogP contribution in [0.25, 0.3) is 0 Å². The van der Waals surface area contributed by atoms with Gasteiger partial charge in [0.05, 0.1) is 16.9 Å². The van der Waals surface area contributed by atoms with Crippen LogP contribution in [0.2, 0.25) is 0 Å². The molecule has 160 valence electrons. The quantitative estimate of drug-likeness (QED) is 0.748. The number of ether oxygens (including phenoxy) is 1. The average Bonchev–Trinajstić information content (AvgIpc) is 2.94. The van der Waals surface area contributed by atoms with Crippen molar-refractivity contribution in [3.05, 3.63) is 40.7 Å². The molecule has 0 atom stereocenters. The normalized spacial score (nSPS) is 16.9. The third-order valence-electron chi connectivity index (χ3n) is 5.50. The molecule has 29 heavy (non-hydrogen) atoms. The highest BCUT2D eigenvalue weighted by Crippen LogP contribution is 2.30. The summed E-state index contributed by atoms with van der Waals surface area (Å²) in [6, 6.07) is 6.18. The van der Waals surface area contributed by atoms with Gasteiger partial charge in [-0.25, -0.2) is 8.42 Å². The van der Waals surface area contributed by atoms with Gasteiger partial charge in [-0.2, -0.15) is 9.40 Å². The van der Waals surface area contributed by atoms with E-state index >= 15 is 0 Å². The molecule has 1 aliphatic rings. The Bertz CT molecular complexity index is 995. The first-order valence-electron chi connectivity index (χ1n) is 10.2. The Labute approximate surface area is 174 Å². The van der Waals surface area contributed by atoms with E-state index in [9.17, 15) is 8.42 Å². The second kappa shape index (κ2) is 7.76. The lowest BCUT2D eigenvalue weighted by molar-refractivity contribution is 0.134. The van der Waals surface area contributed by atoms with E-state index in [1.165, 1.54) is 0 Å². The van der Waals surface area contributed by atoms with Crippen LogP contribution in [0.1, 0.15) is 56.1 Å². The molecule has 1 aliphatic heterocycles. The molecule has 2 aromatic rings. The number of hydrogen-bond donors (Lipinski definition) is 0. The fourth-order valence-electron chi connectivity index (χ4n) is 3.99. The monoisotopic (exact) mass is 419 g/mol. The van der Waals surface area contributed by atoms with Gasteiger partial charge in [0.2, 0.25) is 10.0 Å². The summed E-state index contributed by atoms with van der Waals surface area (Å²) in [7, 11) is -3.58. The maximum atomic E-state index is 13.4. The lowest BCUT2D eigenvalue weighted by atomic mass is 10.1. The van der Waals surface area contributed by atoms with Crippen molar-refractivity contribution in [1.82, 2.24) is 14.1 Å². The largest absolute Gasteiger partial charge is 0.490 e. The summed E-state index contributed by atoms with van der Waals surface area (Å²) in [5.41, 5.74) is 3.25. The number of piperidine rings is 1. The van der Waals surface area contributed by atoms with Gasteiger partial charge in [0.15, 0.2) is 0 Å². The number of aromatic nitrogens is 2. The summed E-state index contributed by atoms with van der Waals surface area (Å²) in [6.45, 7) is 14.7. The smallest absolute Gasteiger partial charge is 0.246 e. The van der Waals surface area contributed by atoms with E-state index in [1.54, 1.807) is 11.2 Å². The SMILES string of the molecule is Cc1ccc(C)c(OC2CCN(S(=O)(=O)c3c(C)nn(C(C)(C)C)c3C)CC2)c1. The Morgan fingerprint density at radius 3 is 2.24 bits per heavy atom. The molecule has 0 aliphatic carbocycles. The number of benzene rings is 1. The van der Waals surface area contributed by atoms with Crippen molar-refractivity contribution in [3.63, 3.8) is 0 Å². The van der Waals surface area contributed by atoms with E-state index < -0.39 is 10.0 Å². The van der Waals surface area contributed by atoms with Crippen molar-refractivity contribution in [2.45, 2.75) is 77.8 Å². The van der Waals surface area contributed by atoms with Crippen molar-refractivity contribution in [2.75, 3.05) is 13.1 Å². The highest BCUT2D eigenvalue weighted by molar-refractivity contribution is 7.89. The van der Waals surface area contributed by atoms with Gasteiger partial charge < -0.3 is 4.74 Å². The van der Waals surface area contributed by atoms with Crippen LogP contribution < -0.4 is 4.74 Å². The van der Waals surface area contributed by atoms with Crippen molar-refractivity contribution in [1.29, 1.82) is 0 Å². The summed E-state index contributed by atoms with van der Waals surface area (Å²) in [4.78, 5) is 0.348. The van der Waals surface area contributed by atoms with Crippen LogP contribution in [0, 0.1) is 27.7 Å². The van der Waals surface area contributed by atoms with Gasteiger partial charge in [-0.05, 0) is 78.5 Å². The zero-order valence-corrected chi connectivity index (χ0v) is 19.4. The lowest BCUT2D eigenvalue weighted by Gasteiger charge is -2.32. The number of sulfonamides is 1. The molecule has 1 saturated heterocycles. The molecule has 1 aromatic heterocycles. The Hall–Kier alpha value is -1.86. The maximum Gasteiger partial charge on any atom is 0.246 e. The minimum atomic E-state index is -3.58. The number of rotatable bonds is 4. The molecular weight excluding hydrogens is 386 g/mol. The summed E-state index contributed by atoms with van der Waals surface area (Å²) < 4.78 is 36.3. The van der Waals surface area contributed by atoms with E-state index in [0.29, 0.717) is 42.2 Å². The van der Waals surface area contributed by atoms with Gasteiger partial charge in [-0.1, -0.05) is 12.1 Å². The molecule has 7 heteroatoms. The van der Waals surface area contributed by atoms with E-state index in [2.05, 4.69) is 17.2 Å². The lowest BCUT2D eigenvalue weighted by Crippen LogP contribution is -2.42. The Balaban J connectivity index is 1.75. The predicted octanol–water partition coefficient (Wildman–Crippen LogP) is 4.10. The second-order valence-corrected chi connectivity index (χ2v) is 10.9. The Morgan fingerprint density at radius 2 is 1.69 bits per heavy atom. The van der Waals surface area contributed by atoms with Gasteiger partial charge in [0.25, 0.3) is 0 Å². The molecule has 0 unspecified atom stereocenters. The van der Waals surface area contributed by atoms with Crippen molar-refractivity contribution in [2.24, 2.45) is 0 Å². The Kier molecular flexibility index (Phi) is 5.84. The van der Waals surface area contributed by atoms with E-state index in [4.69, 9.17) is 4.74 Å². The van der Waals surface area contributed by atoms with Crippen LogP contribution in [0.3, 0.4) is 0 Å². The molecule has 1 fully saturated rings. The topological polar surface area (TPSA) is 64.4 Å². The Morgan fingerprint density at radius 1 is 1.07 bits per heavy atom. The van der Waals surface area contributed by atoms with Crippen molar-refractivity contribution >= 4 is 10.0 Å². The molecule has 3 rings (SSSR count). The highest BCUT2D eigenvalue weighted by atomic mass is 32.2. The van der Waals surface area contributed by atoms with Crippen LogP contribution in [0.4, 0.5) is 0 Å². The fourth-order valence-corrected chi connectivity index (χ4v) is 5.81. The van der Waals surface area contributed by atoms with Crippen LogP contribution in [-0.4, -0.2) is 41.7 Å². The number of hydrogen-bond acceptors (Lipinski definition) is 4. The minimum absolute atomic E-state index is 0.0291. The van der Waals surface area contributed by atoms with Crippen LogP contribution in [0.15, 0.2) is 23.1 Å². The second-order valence-electron chi connectivity index (χ2n) is 9.07. The third-order valence-corrected chi connectivity index (χ3v) is 7.65. The summed E-state index contributed by atoms with van der Waals surface area (Å²) in [5, 5.41) is 4.52. The molecular formula is C22H33N3O3S. The molecule has 2 heterocycles. The average molecular weight is 420 g/mol. The highest BCUT2D eigenvalue weighted by Gasteiger charge is 2.35. The summed E-state index contributed by atoms with van der Waals surface area (Å²) in [5.74, 6) is 0.893. The number of nitrogens with zero attached hydrogens (tertiary/aromatic N) is 3. The maximum absolute atomic E-state index is 13.4. The first kappa shape index (κ1) is 21.8. The van der Waals surface area contributed by atoms with E-state index in [0.717, 1.165) is 16.9 Å². The van der Waals surface area contributed by atoms with Gasteiger partial charge >= 0.3 is 0 Å². The third kappa shape index (κ3) is 4.36. The van der Waals surface area contributed by atoms with E-state index in [1.807, 2.05) is 52.3 Å². The van der Waals surface area contributed by atoms with Crippen LogP contribution >= 0.6 is 0 Å². The van der Waals surface area contributed by atoms with Crippen LogP contribution in [0.5, 0.6) is 5.75 Å². The molecule has 0 amide bonds. The molecule has 0 bridgehead atoms. The van der Waals surface area contributed by atoms with Gasteiger partial charge in [0.1, 0.15) is 16.7 Å². The molecule has 0 saturated carbocycles. The standard InChI is InChI=1S/C22H33N3O3S/c1-15-8-9-16(2)20(14-15)28-19-10-12-24(13-11-19)29(26,27)21-17(3)23-25(18(21)4)22(5,6)7/h8-9,14,19H,10-13H2,1-7H3. The molecule has 0 spiro atoms. The summed E-state index contributed by atoms with van der Waals surface area (Å²) >= 11 is 0. The number of aryl methyl sites for hydroxylation is 3. The van der Waals surface area contributed by atoms with Gasteiger partial charge in [-0.15, -0.1) is 0 Å². The predicted molar refractivity (Wildman–Crippen MR) is 115 cm³/mol. The molecule has 1 aromatic carbocycles. The summed E-state index contributed by atoms with van der Waals surface area (Å²) in [6.07, 6.45) is 1.39. The zero-order chi connectivity index (χ0) is 21.6. The minimum Gasteiger partial charge on any atom is -0.490 e. The fraction of sp³-hybridized carbons (Fsp3) is 0.591. The van der Waals surface area contributed by atoms with Crippen LogP contribution in [-0.2, 0) is 15.6 Å². The van der Waals surface area contributed by atoms with Gasteiger partial charge in [-0.3, -0.25) is 4.68 Å². The van der Waals surface area contributed by atoms with E-state index in [-0.39, 0.29) is 11.6 Å². The molecule has 0 N–H and O–H groups in total. The molecule has 6 nitrogen and oxygen atoms in total. The van der Waals surface area contributed by atoms with Gasteiger partial charge in [0, 0.05) is 13.1 Å². The van der Waals surface area contributed by atoms with Crippen molar-refractivity contribution < 1.29 is 13.2 Å². The molecule has 0 radical (unpaired) electrons. The zero-order valence-electron chi connectivity index (χ0n) is 18.6. The first-order valence-corrected chi connectivity index (χ1v) is 11.7.